The summed E-state index contributed by atoms with van der Waals surface area (Å²) in [6.45, 7) is 4.23. The first-order valence-electron chi connectivity index (χ1n) is 3.75. The number of carbonyl (C=O) groups excluding carboxylic acids is 1. The number of hydrogen-bond acceptors (Lipinski definition) is 3. The fourth-order valence-corrected chi connectivity index (χ4v) is 0.457. The second-order valence-electron chi connectivity index (χ2n) is 2.04. The molecule has 0 amide bonds. The third-order valence-electron chi connectivity index (χ3n) is 1.02. The van der Waals surface area contributed by atoms with Gasteiger partial charge in [-0.25, -0.2) is 4.79 Å². The molecule has 0 aliphatic heterocycles. The number of hydrogen-bond donors (Lipinski definition) is 0. The second-order valence-corrected chi connectivity index (χ2v) is 2.04. The molecule has 0 aliphatic rings. The Bertz CT molecular complexity index is 129. The van der Waals surface area contributed by atoms with Crippen LogP contribution in [-0.4, -0.2) is 12.8 Å². The largest absolute Gasteiger partial charge is 0.513 e. The highest BCUT2D eigenvalue weighted by molar-refractivity contribution is 5.60. The van der Waals surface area contributed by atoms with Crippen molar-refractivity contribution in [1.82, 2.24) is 0 Å². The summed E-state index contributed by atoms with van der Waals surface area (Å²) in [5, 5.41) is 0. The van der Waals surface area contributed by atoms with Crippen molar-refractivity contribution in [2.75, 3.05) is 6.61 Å². The lowest BCUT2D eigenvalue weighted by atomic mass is 10.4. The lowest BCUT2D eigenvalue weighted by molar-refractivity contribution is 0.0835. The van der Waals surface area contributed by atoms with Crippen molar-refractivity contribution in [2.45, 2.75) is 26.7 Å². The van der Waals surface area contributed by atoms with E-state index in [9.17, 15) is 4.79 Å². The summed E-state index contributed by atoms with van der Waals surface area (Å²) in [5.74, 6) is 0. The summed E-state index contributed by atoms with van der Waals surface area (Å²) < 4.78 is 9.17. The lowest BCUT2D eigenvalue weighted by Crippen LogP contribution is -2.04. The summed E-state index contributed by atoms with van der Waals surface area (Å²) in [4.78, 5) is 10.6. The predicted octanol–water partition coefficient (Wildman–Crippen LogP) is 2.47. The minimum atomic E-state index is -0.628. The molecule has 0 aromatic carbocycles. The van der Waals surface area contributed by atoms with Crippen LogP contribution in [0.4, 0.5) is 4.79 Å². The van der Waals surface area contributed by atoms with Crippen LogP contribution in [0.3, 0.4) is 0 Å². The summed E-state index contributed by atoms with van der Waals surface area (Å²) in [6.07, 6.45) is 4.19. The van der Waals surface area contributed by atoms with E-state index in [1.165, 1.54) is 6.26 Å². The Morgan fingerprint density at radius 2 is 2.27 bits per heavy atom. The van der Waals surface area contributed by atoms with Crippen LogP contribution in [0.25, 0.3) is 0 Å². The average molecular weight is 158 g/mol. The summed E-state index contributed by atoms with van der Waals surface area (Å²) >= 11 is 0. The highest BCUT2D eigenvalue weighted by Gasteiger charge is 1.98. The molecule has 0 fully saturated rings. The SMILES string of the molecule is C/C=C\OC(=O)OCCCC. The topological polar surface area (TPSA) is 35.5 Å². The Morgan fingerprint density at radius 3 is 2.82 bits per heavy atom. The fourth-order valence-electron chi connectivity index (χ4n) is 0.457. The van der Waals surface area contributed by atoms with Gasteiger partial charge in [-0.05, 0) is 13.3 Å². The zero-order valence-electron chi connectivity index (χ0n) is 7.00. The standard InChI is InChI=1S/C8H14O3/c1-3-5-7-11-8(9)10-6-4-2/h4,6H,3,5,7H2,1-2H3/b6-4-. The second kappa shape index (κ2) is 7.12. The number of rotatable bonds is 4. The summed E-state index contributed by atoms with van der Waals surface area (Å²) in [5.41, 5.74) is 0. The van der Waals surface area contributed by atoms with Gasteiger partial charge in [0.05, 0.1) is 12.9 Å². The molecular weight excluding hydrogens is 144 g/mol. The third kappa shape index (κ3) is 6.90. The fraction of sp³-hybridized carbons (Fsp3) is 0.625. The molecule has 0 aliphatic carbocycles. The van der Waals surface area contributed by atoms with Crippen LogP contribution in [0.15, 0.2) is 12.3 Å². The molecule has 0 N–H and O–H groups in total. The molecule has 3 nitrogen and oxygen atoms in total. The van der Waals surface area contributed by atoms with E-state index in [4.69, 9.17) is 0 Å². The van der Waals surface area contributed by atoms with Crippen LogP contribution in [0, 0.1) is 0 Å². The molecule has 0 aromatic rings. The van der Waals surface area contributed by atoms with E-state index in [0.29, 0.717) is 6.61 Å². The maximum Gasteiger partial charge on any atom is 0.513 e. The predicted molar refractivity (Wildman–Crippen MR) is 42.2 cm³/mol. The maximum atomic E-state index is 10.6. The van der Waals surface area contributed by atoms with Gasteiger partial charge in [0.1, 0.15) is 0 Å². The lowest BCUT2D eigenvalue weighted by Gasteiger charge is -2.00. The smallest absolute Gasteiger partial charge is 0.434 e. The van der Waals surface area contributed by atoms with E-state index >= 15 is 0 Å². The van der Waals surface area contributed by atoms with Gasteiger partial charge in [0.15, 0.2) is 0 Å². The molecule has 0 radical (unpaired) electrons. The van der Waals surface area contributed by atoms with Crippen LogP contribution in [0.2, 0.25) is 0 Å². The van der Waals surface area contributed by atoms with E-state index in [1.54, 1.807) is 13.0 Å². The van der Waals surface area contributed by atoms with Gasteiger partial charge >= 0.3 is 6.16 Å². The Balaban J connectivity index is 3.23. The van der Waals surface area contributed by atoms with Crippen molar-refractivity contribution in [1.29, 1.82) is 0 Å². The molecule has 0 bridgehead atoms. The quantitative estimate of drug-likeness (QED) is 0.358. The van der Waals surface area contributed by atoms with Crippen molar-refractivity contribution in [2.24, 2.45) is 0 Å². The molecule has 3 heteroatoms. The first kappa shape index (κ1) is 10.0. The van der Waals surface area contributed by atoms with Crippen LogP contribution < -0.4 is 0 Å². The first-order chi connectivity index (χ1) is 5.31. The zero-order chi connectivity index (χ0) is 8.53. The van der Waals surface area contributed by atoms with Gasteiger partial charge in [-0.15, -0.1) is 0 Å². The van der Waals surface area contributed by atoms with Gasteiger partial charge < -0.3 is 9.47 Å². The van der Waals surface area contributed by atoms with Crippen molar-refractivity contribution in [3.8, 4) is 0 Å². The van der Waals surface area contributed by atoms with E-state index in [0.717, 1.165) is 12.8 Å². The van der Waals surface area contributed by atoms with Crippen LogP contribution in [-0.2, 0) is 9.47 Å². The highest BCUT2D eigenvalue weighted by atomic mass is 16.7. The van der Waals surface area contributed by atoms with Crippen molar-refractivity contribution in [3.05, 3.63) is 12.3 Å². The first-order valence-corrected chi connectivity index (χ1v) is 3.75. The maximum absolute atomic E-state index is 10.6. The van der Waals surface area contributed by atoms with E-state index in [2.05, 4.69) is 9.47 Å². The third-order valence-corrected chi connectivity index (χ3v) is 1.02. The normalized spacial score (nSPS) is 10.0. The summed E-state index contributed by atoms with van der Waals surface area (Å²) in [7, 11) is 0. The molecular formula is C8H14O3. The molecule has 0 aromatic heterocycles. The minimum Gasteiger partial charge on any atom is -0.434 e. The molecule has 0 rings (SSSR count). The Morgan fingerprint density at radius 1 is 1.55 bits per heavy atom. The van der Waals surface area contributed by atoms with Gasteiger partial charge in [-0.1, -0.05) is 19.4 Å². The van der Waals surface area contributed by atoms with Gasteiger partial charge in [-0.3, -0.25) is 0 Å². The van der Waals surface area contributed by atoms with Crippen LogP contribution in [0.1, 0.15) is 26.7 Å². The molecule has 0 heterocycles. The molecule has 64 valence electrons. The van der Waals surface area contributed by atoms with Crippen LogP contribution in [0.5, 0.6) is 0 Å². The van der Waals surface area contributed by atoms with E-state index in [-0.39, 0.29) is 0 Å². The molecule has 0 saturated heterocycles. The Kier molecular flexibility index (Phi) is 6.48. The Labute approximate surface area is 67.0 Å². The summed E-state index contributed by atoms with van der Waals surface area (Å²) in [6, 6.07) is 0. The van der Waals surface area contributed by atoms with E-state index in [1.807, 2.05) is 6.92 Å². The monoisotopic (exact) mass is 158 g/mol. The molecule has 0 unspecified atom stereocenters. The highest BCUT2D eigenvalue weighted by Crippen LogP contribution is 1.91. The number of unbranched alkanes of at least 4 members (excludes halogenated alkanes) is 1. The Hall–Kier alpha value is -0.990. The van der Waals surface area contributed by atoms with Gasteiger partial charge in [0, 0.05) is 0 Å². The zero-order valence-corrected chi connectivity index (χ0v) is 7.00. The van der Waals surface area contributed by atoms with Gasteiger partial charge in [0.25, 0.3) is 0 Å². The number of ether oxygens (including phenoxy) is 2. The number of carbonyl (C=O) groups is 1. The molecule has 0 atom stereocenters. The van der Waals surface area contributed by atoms with Gasteiger partial charge in [0.2, 0.25) is 0 Å². The molecule has 11 heavy (non-hydrogen) atoms. The van der Waals surface area contributed by atoms with Crippen LogP contribution >= 0.6 is 0 Å². The van der Waals surface area contributed by atoms with Crippen molar-refractivity contribution in [3.63, 3.8) is 0 Å². The number of allylic oxidation sites excluding steroid dienone is 1. The van der Waals surface area contributed by atoms with Crippen molar-refractivity contribution >= 4 is 6.16 Å². The van der Waals surface area contributed by atoms with Gasteiger partial charge in [-0.2, -0.15) is 0 Å². The van der Waals surface area contributed by atoms with E-state index < -0.39 is 6.16 Å². The molecule has 0 saturated carbocycles. The average Bonchev–Trinajstić information content (AvgIpc) is 2.01. The van der Waals surface area contributed by atoms with Crippen molar-refractivity contribution < 1.29 is 14.3 Å². The molecule has 0 spiro atoms. The minimum absolute atomic E-state index is 0.437.